The summed E-state index contributed by atoms with van der Waals surface area (Å²) in [7, 11) is 1.84. The second-order valence-corrected chi connectivity index (χ2v) is 5.14. The maximum Gasteiger partial charge on any atom is 0.263 e. The lowest BCUT2D eigenvalue weighted by molar-refractivity contribution is 0.277. The predicted octanol–water partition coefficient (Wildman–Crippen LogP) is 2.51. The first-order valence-electron chi connectivity index (χ1n) is 5.86. The van der Waals surface area contributed by atoms with Crippen LogP contribution in [0, 0.1) is 6.92 Å². The van der Waals surface area contributed by atoms with Gasteiger partial charge >= 0.3 is 0 Å². The van der Waals surface area contributed by atoms with Crippen LogP contribution in [-0.2, 0) is 13.7 Å². The molecule has 1 aromatic carbocycles. The van der Waals surface area contributed by atoms with Gasteiger partial charge in [-0.05, 0) is 30.8 Å². The molecule has 0 amide bonds. The number of hydrogen-bond acceptors (Lipinski definition) is 5. The van der Waals surface area contributed by atoms with Gasteiger partial charge in [0, 0.05) is 12.6 Å². The minimum absolute atomic E-state index is 0.0394. The van der Waals surface area contributed by atoms with Crippen LogP contribution < -0.4 is 0 Å². The number of nitrogens with zero attached hydrogens (tertiary/aromatic N) is 3. The number of fused-ring (bicyclic) bond motifs is 1. The molecule has 0 atom stereocenters. The molecule has 0 saturated heterocycles. The number of aryl methyl sites for hydroxylation is 2. The molecule has 98 valence electrons. The smallest absolute Gasteiger partial charge is 0.263 e. The van der Waals surface area contributed by atoms with Crippen molar-refractivity contribution < 1.29 is 9.52 Å². The molecule has 2 heterocycles. The Labute approximate surface area is 114 Å². The molecule has 2 aromatic heterocycles. The van der Waals surface area contributed by atoms with Gasteiger partial charge in [0.05, 0.1) is 12.3 Å². The fourth-order valence-electron chi connectivity index (χ4n) is 1.97. The minimum Gasteiger partial charge on any atom is -0.431 e. The summed E-state index contributed by atoms with van der Waals surface area (Å²) in [5, 5.41) is 15.1. The Morgan fingerprint density at radius 1 is 1.37 bits per heavy atom. The molecule has 0 bridgehead atoms. The average molecular weight is 275 g/mol. The third-order valence-electron chi connectivity index (χ3n) is 2.91. The highest BCUT2D eigenvalue weighted by Gasteiger charge is 2.16. The summed E-state index contributed by atoms with van der Waals surface area (Å²) in [4.78, 5) is 4.41. The molecular formula is C13H13N3O2S. The SMILES string of the molecule is Cc1nn(C)c(Sc2nc3ccccc3o2)c1CO. The highest BCUT2D eigenvalue weighted by atomic mass is 32.2. The standard InChI is InChI=1S/C13H13N3O2S/c1-8-9(7-17)12(16(2)15-8)19-13-14-10-5-3-4-6-11(10)18-13/h3-6,17H,7H2,1-2H3. The first-order valence-corrected chi connectivity index (χ1v) is 6.67. The van der Waals surface area contributed by atoms with Crippen molar-refractivity contribution in [3.63, 3.8) is 0 Å². The zero-order valence-electron chi connectivity index (χ0n) is 10.6. The van der Waals surface area contributed by atoms with Crippen LogP contribution in [0.4, 0.5) is 0 Å². The van der Waals surface area contributed by atoms with Gasteiger partial charge in [-0.1, -0.05) is 12.1 Å². The first-order chi connectivity index (χ1) is 9.19. The highest BCUT2D eigenvalue weighted by Crippen LogP contribution is 2.32. The van der Waals surface area contributed by atoms with E-state index >= 15 is 0 Å². The summed E-state index contributed by atoms with van der Waals surface area (Å²) in [5.41, 5.74) is 3.22. The quantitative estimate of drug-likeness (QED) is 0.795. The Kier molecular flexibility index (Phi) is 3.04. The average Bonchev–Trinajstić information content (AvgIpc) is 2.91. The van der Waals surface area contributed by atoms with E-state index in [2.05, 4.69) is 10.1 Å². The van der Waals surface area contributed by atoms with Gasteiger partial charge in [-0.2, -0.15) is 5.10 Å². The monoisotopic (exact) mass is 275 g/mol. The molecule has 3 aromatic rings. The third kappa shape index (κ3) is 2.13. The summed E-state index contributed by atoms with van der Waals surface area (Å²) in [5.74, 6) is 0. The molecule has 0 spiro atoms. The molecule has 6 heteroatoms. The van der Waals surface area contributed by atoms with Crippen molar-refractivity contribution in [2.75, 3.05) is 0 Å². The molecule has 5 nitrogen and oxygen atoms in total. The van der Waals surface area contributed by atoms with E-state index in [4.69, 9.17) is 4.42 Å². The maximum atomic E-state index is 9.41. The minimum atomic E-state index is -0.0394. The van der Waals surface area contributed by atoms with Crippen molar-refractivity contribution >= 4 is 22.9 Å². The Balaban J connectivity index is 2.01. The summed E-state index contributed by atoms with van der Waals surface area (Å²) in [6.07, 6.45) is 0. The number of benzene rings is 1. The van der Waals surface area contributed by atoms with Crippen LogP contribution in [0.25, 0.3) is 11.1 Å². The highest BCUT2D eigenvalue weighted by molar-refractivity contribution is 7.99. The molecule has 0 aliphatic rings. The lowest BCUT2D eigenvalue weighted by Gasteiger charge is -2.00. The second-order valence-electron chi connectivity index (χ2n) is 4.20. The Bertz CT molecular complexity index is 700. The van der Waals surface area contributed by atoms with Gasteiger partial charge in [-0.25, -0.2) is 4.98 Å². The molecule has 0 fully saturated rings. The van der Waals surface area contributed by atoms with Crippen molar-refractivity contribution in [1.29, 1.82) is 0 Å². The maximum absolute atomic E-state index is 9.41. The van der Waals surface area contributed by atoms with Gasteiger partial charge in [0.25, 0.3) is 5.22 Å². The van der Waals surface area contributed by atoms with E-state index < -0.39 is 0 Å². The second kappa shape index (κ2) is 4.71. The normalized spacial score (nSPS) is 11.3. The Morgan fingerprint density at radius 3 is 2.89 bits per heavy atom. The van der Waals surface area contributed by atoms with Crippen LogP contribution in [0.15, 0.2) is 38.9 Å². The molecule has 0 unspecified atom stereocenters. The third-order valence-corrected chi connectivity index (χ3v) is 3.96. The van der Waals surface area contributed by atoms with Gasteiger partial charge in [0.15, 0.2) is 5.58 Å². The largest absolute Gasteiger partial charge is 0.431 e. The summed E-state index contributed by atoms with van der Waals surface area (Å²) < 4.78 is 7.40. The number of para-hydroxylation sites is 2. The summed E-state index contributed by atoms with van der Waals surface area (Å²) in [6, 6.07) is 7.63. The number of rotatable bonds is 3. The molecule has 0 radical (unpaired) electrons. The van der Waals surface area contributed by atoms with Crippen molar-refractivity contribution in [3.05, 3.63) is 35.5 Å². The van der Waals surface area contributed by atoms with Crippen LogP contribution in [0.5, 0.6) is 0 Å². The van der Waals surface area contributed by atoms with Crippen LogP contribution in [0.3, 0.4) is 0 Å². The zero-order chi connectivity index (χ0) is 13.4. The van der Waals surface area contributed by atoms with Crippen LogP contribution >= 0.6 is 11.8 Å². The van der Waals surface area contributed by atoms with Gasteiger partial charge in [0.1, 0.15) is 10.5 Å². The topological polar surface area (TPSA) is 64.1 Å². The fraction of sp³-hybridized carbons (Fsp3) is 0.231. The van der Waals surface area contributed by atoms with Gasteiger partial charge in [-0.15, -0.1) is 0 Å². The lowest BCUT2D eigenvalue weighted by atomic mass is 10.3. The summed E-state index contributed by atoms with van der Waals surface area (Å²) >= 11 is 1.37. The van der Waals surface area contributed by atoms with E-state index in [0.717, 1.165) is 27.4 Å². The number of aliphatic hydroxyl groups is 1. The van der Waals surface area contributed by atoms with E-state index in [-0.39, 0.29) is 6.61 Å². The molecule has 3 rings (SSSR count). The fourth-order valence-corrected chi connectivity index (χ4v) is 2.92. The van der Waals surface area contributed by atoms with Crippen molar-refractivity contribution in [2.24, 2.45) is 7.05 Å². The zero-order valence-corrected chi connectivity index (χ0v) is 11.4. The molecule has 0 aliphatic heterocycles. The molecular weight excluding hydrogens is 262 g/mol. The first kappa shape index (κ1) is 12.3. The Morgan fingerprint density at radius 2 is 2.16 bits per heavy atom. The van der Waals surface area contributed by atoms with Crippen LogP contribution in [0.2, 0.25) is 0 Å². The molecule has 1 N–H and O–H groups in total. The molecule has 0 saturated carbocycles. The van der Waals surface area contributed by atoms with E-state index in [0.29, 0.717) is 5.22 Å². The lowest BCUT2D eigenvalue weighted by Crippen LogP contribution is -1.93. The van der Waals surface area contributed by atoms with Crippen LogP contribution in [-0.4, -0.2) is 19.9 Å². The van der Waals surface area contributed by atoms with Gasteiger partial charge in [0.2, 0.25) is 0 Å². The van der Waals surface area contributed by atoms with Crippen molar-refractivity contribution in [2.45, 2.75) is 23.8 Å². The van der Waals surface area contributed by atoms with E-state index in [9.17, 15) is 5.11 Å². The number of aliphatic hydroxyl groups excluding tert-OH is 1. The predicted molar refractivity (Wildman–Crippen MR) is 72.0 cm³/mol. The van der Waals surface area contributed by atoms with Gasteiger partial charge in [-0.3, -0.25) is 4.68 Å². The van der Waals surface area contributed by atoms with Crippen molar-refractivity contribution in [3.8, 4) is 0 Å². The van der Waals surface area contributed by atoms with Crippen molar-refractivity contribution in [1.82, 2.24) is 14.8 Å². The number of hydrogen-bond donors (Lipinski definition) is 1. The van der Waals surface area contributed by atoms with Crippen LogP contribution in [0.1, 0.15) is 11.3 Å². The van der Waals surface area contributed by atoms with Gasteiger partial charge < -0.3 is 9.52 Å². The number of oxazole rings is 1. The Hall–Kier alpha value is -1.79. The number of aromatic nitrogens is 3. The van der Waals surface area contributed by atoms with E-state index in [1.165, 1.54) is 11.8 Å². The van der Waals surface area contributed by atoms with E-state index in [1.807, 2.05) is 38.2 Å². The molecule has 19 heavy (non-hydrogen) atoms. The summed E-state index contributed by atoms with van der Waals surface area (Å²) in [6.45, 7) is 1.84. The van der Waals surface area contributed by atoms with E-state index in [1.54, 1.807) is 4.68 Å². The molecule has 0 aliphatic carbocycles.